The number of nitriles is 1. The number of hydrogen-bond donors (Lipinski definition) is 0. The molecule has 1 aromatic heterocycles. The van der Waals surface area contributed by atoms with Crippen molar-refractivity contribution in [2.45, 2.75) is 19.1 Å². The van der Waals surface area contributed by atoms with Gasteiger partial charge in [-0.25, -0.2) is 4.39 Å². The van der Waals surface area contributed by atoms with Crippen LogP contribution in [0.25, 0.3) is 0 Å². The van der Waals surface area contributed by atoms with Crippen LogP contribution in [0.3, 0.4) is 0 Å². The Morgan fingerprint density at radius 1 is 1.30 bits per heavy atom. The lowest BCUT2D eigenvalue weighted by Crippen LogP contribution is -2.25. The van der Waals surface area contributed by atoms with Crippen molar-refractivity contribution in [3.05, 3.63) is 59.3 Å². The molecule has 0 amide bonds. The molecule has 3 rings (SSSR count). The molecule has 1 aromatic carbocycles. The molecule has 0 radical (unpaired) electrons. The van der Waals surface area contributed by atoms with Crippen LogP contribution in [0.1, 0.15) is 17.5 Å². The van der Waals surface area contributed by atoms with Gasteiger partial charge in [-0.15, -0.1) is 0 Å². The summed E-state index contributed by atoms with van der Waals surface area (Å²) < 4.78 is 32.5. The third-order valence-electron chi connectivity index (χ3n) is 3.77. The minimum Gasteiger partial charge on any atom is -0.473 e. The Kier molecular flexibility index (Phi) is 4.49. The molecule has 118 valence electrons. The molecule has 0 saturated carbocycles. The predicted octanol–water partition coefficient (Wildman–Crippen LogP) is 2.88. The van der Waals surface area contributed by atoms with E-state index in [1.807, 2.05) is 11.0 Å². The van der Waals surface area contributed by atoms with E-state index in [0.717, 1.165) is 13.0 Å². The van der Waals surface area contributed by atoms with Gasteiger partial charge in [-0.05, 0) is 30.7 Å². The number of aromatic nitrogens is 1. The molecule has 2 heterocycles. The molecule has 1 unspecified atom stereocenters. The number of ether oxygens (including phenoxy) is 1. The zero-order valence-electron chi connectivity index (χ0n) is 12.4. The molecule has 4 nitrogen and oxygen atoms in total. The van der Waals surface area contributed by atoms with Crippen LogP contribution >= 0.6 is 0 Å². The predicted molar refractivity (Wildman–Crippen MR) is 79.6 cm³/mol. The first-order valence-electron chi connectivity index (χ1n) is 7.34. The van der Waals surface area contributed by atoms with E-state index in [0.29, 0.717) is 24.2 Å². The van der Waals surface area contributed by atoms with E-state index in [2.05, 4.69) is 4.98 Å². The van der Waals surface area contributed by atoms with Crippen LogP contribution in [0.15, 0.2) is 36.4 Å². The summed E-state index contributed by atoms with van der Waals surface area (Å²) in [4.78, 5) is 5.72. The fourth-order valence-corrected chi connectivity index (χ4v) is 2.67. The molecule has 0 N–H and O–H groups in total. The molecule has 1 atom stereocenters. The summed E-state index contributed by atoms with van der Waals surface area (Å²) in [7, 11) is 0. The Morgan fingerprint density at radius 2 is 2.17 bits per heavy atom. The van der Waals surface area contributed by atoms with E-state index >= 15 is 0 Å². The summed E-state index contributed by atoms with van der Waals surface area (Å²) >= 11 is 0. The van der Waals surface area contributed by atoms with E-state index in [1.54, 1.807) is 18.2 Å². The molecule has 0 aliphatic carbocycles. The third kappa shape index (κ3) is 3.82. The number of rotatable bonds is 4. The maximum atomic E-state index is 13.8. The lowest BCUT2D eigenvalue weighted by Gasteiger charge is -2.17. The van der Waals surface area contributed by atoms with Crippen LogP contribution in [0.4, 0.5) is 8.78 Å². The smallest absolute Gasteiger partial charge is 0.216 e. The molecule has 6 heteroatoms. The van der Waals surface area contributed by atoms with Crippen molar-refractivity contribution in [1.82, 2.24) is 9.88 Å². The van der Waals surface area contributed by atoms with Crippen molar-refractivity contribution in [2.24, 2.45) is 0 Å². The van der Waals surface area contributed by atoms with Crippen molar-refractivity contribution in [2.75, 3.05) is 13.1 Å². The first-order chi connectivity index (χ1) is 11.1. The maximum Gasteiger partial charge on any atom is 0.216 e. The van der Waals surface area contributed by atoms with Gasteiger partial charge in [0.15, 0.2) is 0 Å². The highest BCUT2D eigenvalue weighted by Crippen LogP contribution is 2.20. The second-order valence-corrected chi connectivity index (χ2v) is 5.48. The molecule has 0 bridgehead atoms. The van der Waals surface area contributed by atoms with E-state index in [-0.39, 0.29) is 17.8 Å². The number of likely N-dealkylation sites (tertiary alicyclic amines) is 1. The number of pyridine rings is 1. The Balaban J connectivity index is 1.61. The first-order valence-corrected chi connectivity index (χ1v) is 7.34. The van der Waals surface area contributed by atoms with Crippen molar-refractivity contribution >= 4 is 0 Å². The largest absolute Gasteiger partial charge is 0.473 e. The summed E-state index contributed by atoms with van der Waals surface area (Å²) in [5.41, 5.74) is 0.936. The zero-order valence-corrected chi connectivity index (χ0v) is 12.4. The minimum absolute atomic E-state index is 0.105. The van der Waals surface area contributed by atoms with E-state index in [1.165, 1.54) is 18.2 Å². The van der Waals surface area contributed by atoms with Gasteiger partial charge in [0.1, 0.15) is 11.9 Å². The highest BCUT2D eigenvalue weighted by atomic mass is 19.1. The van der Waals surface area contributed by atoms with Crippen molar-refractivity contribution < 1.29 is 13.5 Å². The normalized spacial score (nSPS) is 17.9. The fraction of sp³-hybridized carbons (Fsp3) is 0.294. The molecule has 1 aliphatic rings. The van der Waals surface area contributed by atoms with Crippen molar-refractivity contribution in [3.8, 4) is 11.9 Å². The standard InChI is InChI=1S/C17H15F2N3O/c18-15-5-4-12(9-20)8-13(15)10-22-7-6-14(11-22)23-17-3-1-2-16(19)21-17/h1-5,8,14H,6-7,10-11H2. The first kappa shape index (κ1) is 15.4. The Bertz CT molecular complexity index is 745. The molecule has 1 aliphatic heterocycles. The topological polar surface area (TPSA) is 49.2 Å². The maximum absolute atomic E-state index is 13.8. The van der Waals surface area contributed by atoms with E-state index < -0.39 is 5.95 Å². The van der Waals surface area contributed by atoms with Gasteiger partial charge in [0.2, 0.25) is 11.8 Å². The number of nitrogens with zero attached hydrogens (tertiary/aromatic N) is 3. The van der Waals surface area contributed by atoms with Crippen LogP contribution in [0.5, 0.6) is 5.88 Å². The van der Waals surface area contributed by atoms with Gasteiger partial charge in [-0.3, -0.25) is 4.90 Å². The van der Waals surface area contributed by atoms with Gasteiger partial charge in [0, 0.05) is 31.3 Å². The Morgan fingerprint density at radius 3 is 2.96 bits per heavy atom. The molecule has 1 saturated heterocycles. The second-order valence-electron chi connectivity index (χ2n) is 5.48. The Labute approximate surface area is 132 Å². The number of halogens is 2. The molecular formula is C17H15F2N3O. The van der Waals surface area contributed by atoms with Gasteiger partial charge >= 0.3 is 0 Å². The lowest BCUT2D eigenvalue weighted by atomic mass is 10.1. The van der Waals surface area contributed by atoms with Crippen LogP contribution < -0.4 is 4.74 Å². The fourth-order valence-electron chi connectivity index (χ4n) is 2.67. The number of hydrogen-bond acceptors (Lipinski definition) is 4. The van der Waals surface area contributed by atoms with Gasteiger partial charge in [0.25, 0.3) is 0 Å². The average Bonchev–Trinajstić information content (AvgIpc) is 2.96. The van der Waals surface area contributed by atoms with Gasteiger partial charge in [0.05, 0.1) is 11.6 Å². The van der Waals surface area contributed by atoms with Crippen molar-refractivity contribution in [3.63, 3.8) is 0 Å². The zero-order chi connectivity index (χ0) is 16.2. The highest BCUT2D eigenvalue weighted by Gasteiger charge is 2.25. The molecule has 23 heavy (non-hydrogen) atoms. The summed E-state index contributed by atoms with van der Waals surface area (Å²) in [6.45, 7) is 1.77. The molecule has 0 spiro atoms. The summed E-state index contributed by atoms with van der Waals surface area (Å²) in [5.74, 6) is -0.637. The van der Waals surface area contributed by atoms with Crippen LogP contribution in [0, 0.1) is 23.1 Å². The minimum atomic E-state index is -0.576. The Hall–Kier alpha value is -2.52. The highest BCUT2D eigenvalue weighted by molar-refractivity contribution is 5.33. The average molecular weight is 315 g/mol. The monoisotopic (exact) mass is 315 g/mol. The van der Waals surface area contributed by atoms with Gasteiger partial charge < -0.3 is 4.74 Å². The van der Waals surface area contributed by atoms with Crippen LogP contribution in [0.2, 0.25) is 0 Å². The molecular weight excluding hydrogens is 300 g/mol. The summed E-state index contributed by atoms with van der Waals surface area (Å²) in [6, 6.07) is 10.8. The van der Waals surface area contributed by atoms with Crippen LogP contribution in [-0.2, 0) is 6.54 Å². The summed E-state index contributed by atoms with van der Waals surface area (Å²) in [5, 5.41) is 8.90. The lowest BCUT2D eigenvalue weighted by molar-refractivity contribution is 0.189. The van der Waals surface area contributed by atoms with E-state index in [9.17, 15) is 8.78 Å². The van der Waals surface area contributed by atoms with Gasteiger partial charge in [-0.1, -0.05) is 6.07 Å². The molecule has 1 fully saturated rings. The summed E-state index contributed by atoms with van der Waals surface area (Å²) in [6.07, 6.45) is 0.657. The second kappa shape index (κ2) is 6.71. The van der Waals surface area contributed by atoms with Crippen LogP contribution in [-0.4, -0.2) is 29.1 Å². The molecule has 2 aromatic rings. The van der Waals surface area contributed by atoms with E-state index in [4.69, 9.17) is 10.00 Å². The van der Waals surface area contributed by atoms with Gasteiger partial charge in [-0.2, -0.15) is 14.6 Å². The third-order valence-corrected chi connectivity index (χ3v) is 3.77. The number of benzene rings is 1. The quantitative estimate of drug-likeness (QED) is 0.814. The van der Waals surface area contributed by atoms with Crippen molar-refractivity contribution in [1.29, 1.82) is 5.26 Å². The SMILES string of the molecule is N#Cc1ccc(F)c(CN2CCC(Oc3cccc(F)n3)C2)c1.